The minimum absolute atomic E-state index is 0.256. The molecular weight excluding hydrogens is 303 g/mol. The van der Waals surface area contributed by atoms with E-state index in [1.54, 1.807) is 17.8 Å². The molecular formula is C12H14BrFN2S. The van der Waals surface area contributed by atoms with Gasteiger partial charge in [0, 0.05) is 10.9 Å². The number of nitrogens with one attached hydrogen (secondary N) is 1. The van der Waals surface area contributed by atoms with E-state index in [1.165, 1.54) is 6.07 Å². The molecule has 5 heteroatoms. The molecule has 1 heterocycles. The Hall–Kier alpha value is -0.550. The van der Waals surface area contributed by atoms with Gasteiger partial charge in [-0.25, -0.2) is 4.39 Å². The first kappa shape index (κ1) is 12.9. The van der Waals surface area contributed by atoms with E-state index in [9.17, 15) is 4.39 Å². The van der Waals surface area contributed by atoms with Crippen molar-refractivity contribution in [3.8, 4) is 0 Å². The van der Waals surface area contributed by atoms with Crippen molar-refractivity contribution in [3.63, 3.8) is 0 Å². The van der Waals surface area contributed by atoms with Crippen LogP contribution in [0.3, 0.4) is 0 Å². The van der Waals surface area contributed by atoms with Gasteiger partial charge in [-0.3, -0.25) is 4.99 Å². The Balaban J connectivity index is 2.12. The van der Waals surface area contributed by atoms with Gasteiger partial charge in [-0.1, -0.05) is 18.7 Å². The van der Waals surface area contributed by atoms with Gasteiger partial charge >= 0.3 is 0 Å². The van der Waals surface area contributed by atoms with E-state index >= 15 is 0 Å². The quantitative estimate of drug-likeness (QED) is 0.884. The summed E-state index contributed by atoms with van der Waals surface area (Å²) in [7, 11) is 0. The molecule has 2 nitrogen and oxygen atoms in total. The van der Waals surface area contributed by atoms with Crippen LogP contribution < -0.4 is 5.32 Å². The number of hydrogen-bond acceptors (Lipinski definition) is 3. The van der Waals surface area contributed by atoms with Gasteiger partial charge in [-0.15, -0.1) is 0 Å². The highest BCUT2D eigenvalue weighted by atomic mass is 79.9. The van der Waals surface area contributed by atoms with Crippen molar-refractivity contribution in [2.24, 2.45) is 4.99 Å². The third-order valence-corrected chi connectivity index (χ3v) is 4.56. The second-order valence-corrected chi connectivity index (χ2v) is 6.14. The van der Waals surface area contributed by atoms with Gasteiger partial charge in [-0.05, 0) is 47.0 Å². The maximum Gasteiger partial charge on any atom is 0.161 e. The van der Waals surface area contributed by atoms with E-state index in [0.29, 0.717) is 9.72 Å². The SMILES string of the molecule is CCC1CN=C(Nc2cc(F)c(Br)cc2C)S1. The Morgan fingerprint density at radius 1 is 1.59 bits per heavy atom. The molecule has 0 saturated carbocycles. The molecule has 2 rings (SSSR count). The van der Waals surface area contributed by atoms with Crippen LogP contribution in [-0.4, -0.2) is 17.0 Å². The Kier molecular flexibility index (Phi) is 4.09. The lowest BCUT2D eigenvalue weighted by Crippen LogP contribution is -2.08. The Morgan fingerprint density at radius 2 is 2.35 bits per heavy atom. The summed E-state index contributed by atoms with van der Waals surface area (Å²) < 4.78 is 13.9. The van der Waals surface area contributed by atoms with Gasteiger partial charge in [0.15, 0.2) is 5.17 Å². The largest absolute Gasteiger partial charge is 0.335 e. The molecule has 0 amide bonds. The number of aryl methyl sites for hydroxylation is 1. The molecule has 0 fully saturated rings. The molecule has 1 atom stereocenters. The summed E-state index contributed by atoms with van der Waals surface area (Å²) in [5.74, 6) is -0.256. The van der Waals surface area contributed by atoms with Crippen molar-refractivity contribution < 1.29 is 4.39 Å². The second-order valence-electron chi connectivity index (χ2n) is 4.00. The third-order valence-electron chi connectivity index (χ3n) is 2.68. The molecule has 0 bridgehead atoms. The summed E-state index contributed by atoms with van der Waals surface area (Å²) in [5, 5.41) is 4.64. The first-order valence-electron chi connectivity index (χ1n) is 5.54. The number of thioether (sulfide) groups is 1. The molecule has 1 aliphatic heterocycles. The van der Waals surface area contributed by atoms with E-state index in [1.807, 2.05) is 6.92 Å². The Labute approximate surface area is 113 Å². The van der Waals surface area contributed by atoms with Gasteiger partial charge < -0.3 is 5.32 Å². The number of aliphatic imine (C=N–C) groups is 1. The van der Waals surface area contributed by atoms with Crippen LogP contribution in [0.2, 0.25) is 0 Å². The van der Waals surface area contributed by atoms with Crippen LogP contribution in [0.15, 0.2) is 21.6 Å². The number of amidine groups is 1. The highest BCUT2D eigenvalue weighted by Gasteiger charge is 2.18. The number of halogens is 2. The molecule has 17 heavy (non-hydrogen) atoms. The second kappa shape index (κ2) is 5.40. The zero-order valence-corrected chi connectivity index (χ0v) is 12.2. The number of anilines is 1. The smallest absolute Gasteiger partial charge is 0.161 e. The highest BCUT2D eigenvalue weighted by Crippen LogP contribution is 2.28. The van der Waals surface area contributed by atoms with Crippen molar-refractivity contribution in [1.82, 2.24) is 0 Å². The lowest BCUT2D eigenvalue weighted by molar-refractivity contribution is 0.621. The monoisotopic (exact) mass is 316 g/mol. The molecule has 0 radical (unpaired) electrons. The predicted molar refractivity (Wildman–Crippen MR) is 76.4 cm³/mol. The van der Waals surface area contributed by atoms with Crippen LogP contribution in [-0.2, 0) is 0 Å². The fourth-order valence-corrected chi connectivity index (χ4v) is 3.00. The first-order valence-corrected chi connectivity index (χ1v) is 7.21. The van der Waals surface area contributed by atoms with Crippen molar-refractivity contribution in [2.75, 3.05) is 11.9 Å². The maximum absolute atomic E-state index is 13.4. The molecule has 0 saturated heterocycles. The molecule has 0 spiro atoms. The fraction of sp³-hybridized carbons (Fsp3) is 0.417. The number of nitrogens with zero attached hydrogens (tertiary/aromatic N) is 1. The van der Waals surface area contributed by atoms with Gasteiger partial charge in [0.05, 0.1) is 11.0 Å². The van der Waals surface area contributed by atoms with Crippen molar-refractivity contribution >= 4 is 38.5 Å². The van der Waals surface area contributed by atoms with E-state index in [4.69, 9.17) is 0 Å². The zero-order chi connectivity index (χ0) is 12.4. The maximum atomic E-state index is 13.4. The van der Waals surface area contributed by atoms with Crippen molar-refractivity contribution in [2.45, 2.75) is 25.5 Å². The van der Waals surface area contributed by atoms with Gasteiger partial charge in [0.2, 0.25) is 0 Å². The van der Waals surface area contributed by atoms with Crippen LogP contribution in [0.4, 0.5) is 10.1 Å². The minimum atomic E-state index is -0.256. The van der Waals surface area contributed by atoms with E-state index in [-0.39, 0.29) is 5.82 Å². The summed E-state index contributed by atoms with van der Waals surface area (Å²) in [6, 6.07) is 3.27. The molecule has 0 aromatic heterocycles. The summed E-state index contributed by atoms with van der Waals surface area (Å²) in [6.07, 6.45) is 1.10. The van der Waals surface area contributed by atoms with Crippen LogP contribution in [0, 0.1) is 12.7 Å². The molecule has 1 aliphatic rings. The fourth-order valence-electron chi connectivity index (χ4n) is 1.59. The molecule has 1 aromatic carbocycles. The minimum Gasteiger partial charge on any atom is -0.335 e. The van der Waals surface area contributed by atoms with Crippen molar-refractivity contribution in [3.05, 3.63) is 28.0 Å². The Morgan fingerprint density at radius 3 is 3.00 bits per heavy atom. The molecule has 0 aliphatic carbocycles. The van der Waals surface area contributed by atoms with Gasteiger partial charge in [0.1, 0.15) is 5.82 Å². The first-order chi connectivity index (χ1) is 8.10. The molecule has 92 valence electrons. The highest BCUT2D eigenvalue weighted by molar-refractivity contribution is 9.10. The number of rotatable bonds is 2. The molecule has 1 unspecified atom stereocenters. The summed E-state index contributed by atoms with van der Waals surface area (Å²) in [4.78, 5) is 4.41. The van der Waals surface area contributed by atoms with Crippen LogP contribution in [0.5, 0.6) is 0 Å². The summed E-state index contributed by atoms with van der Waals surface area (Å²) >= 11 is 4.90. The zero-order valence-electron chi connectivity index (χ0n) is 9.76. The average molecular weight is 317 g/mol. The molecule has 1 aromatic rings. The third kappa shape index (κ3) is 3.01. The number of benzene rings is 1. The topological polar surface area (TPSA) is 24.4 Å². The summed E-state index contributed by atoms with van der Waals surface area (Å²) in [5.41, 5.74) is 1.79. The molecule has 1 N–H and O–H groups in total. The standard InChI is InChI=1S/C12H14BrFN2S/c1-3-8-6-15-12(17-8)16-11-5-10(14)9(13)4-7(11)2/h4-5,8H,3,6H2,1-2H3,(H,15,16). The van der Waals surface area contributed by atoms with Crippen molar-refractivity contribution in [1.29, 1.82) is 0 Å². The van der Waals surface area contributed by atoms with Crippen LogP contribution in [0.25, 0.3) is 0 Å². The lowest BCUT2D eigenvalue weighted by Gasteiger charge is -2.10. The lowest BCUT2D eigenvalue weighted by atomic mass is 10.2. The van der Waals surface area contributed by atoms with Gasteiger partial charge in [0.25, 0.3) is 0 Å². The predicted octanol–water partition coefficient (Wildman–Crippen LogP) is 4.19. The summed E-state index contributed by atoms with van der Waals surface area (Å²) in [6.45, 7) is 4.95. The Bertz CT molecular complexity index is 462. The van der Waals surface area contributed by atoms with E-state index in [0.717, 1.165) is 29.4 Å². The number of hydrogen-bond donors (Lipinski definition) is 1. The normalized spacial score (nSPS) is 19.3. The van der Waals surface area contributed by atoms with Gasteiger partial charge in [-0.2, -0.15) is 0 Å². The van der Waals surface area contributed by atoms with E-state index in [2.05, 4.69) is 33.2 Å². The van der Waals surface area contributed by atoms with Crippen LogP contribution >= 0.6 is 27.7 Å². The van der Waals surface area contributed by atoms with E-state index < -0.39 is 0 Å². The average Bonchev–Trinajstić information content (AvgIpc) is 2.73. The van der Waals surface area contributed by atoms with Crippen LogP contribution in [0.1, 0.15) is 18.9 Å².